The maximum Gasteiger partial charge on any atom is 0.332 e. The Balaban J connectivity index is 1.39. The fourth-order valence-corrected chi connectivity index (χ4v) is 3.72. The molecular formula is C26H21N3O2. The Morgan fingerprint density at radius 3 is 2.39 bits per heavy atom. The number of benzene rings is 3. The van der Waals surface area contributed by atoms with Gasteiger partial charge < -0.3 is 9.30 Å². The molecule has 0 atom stereocenters. The molecule has 5 rings (SSSR count). The number of fused-ring (bicyclic) bond motifs is 1. The van der Waals surface area contributed by atoms with Crippen LogP contribution in [0.2, 0.25) is 0 Å². The summed E-state index contributed by atoms with van der Waals surface area (Å²) in [4.78, 5) is 16.8. The third-order valence-electron chi connectivity index (χ3n) is 5.34. The van der Waals surface area contributed by atoms with Gasteiger partial charge in [-0.3, -0.25) is 9.55 Å². The molecule has 0 fully saturated rings. The van der Waals surface area contributed by atoms with Crippen molar-refractivity contribution in [1.82, 2.24) is 14.1 Å². The fraction of sp³-hybridized carbons (Fsp3) is 0.0769. The lowest BCUT2D eigenvalue weighted by Gasteiger charge is -2.10. The molecule has 0 spiro atoms. The highest BCUT2D eigenvalue weighted by atomic mass is 16.5. The van der Waals surface area contributed by atoms with Gasteiger partial charge in [0.25, 0.3) is 0 Å². The molecule has 0 saturated carbocycles. The second kappa shape index (κ2) is 7.95. The van der Waals surface area contributed by atoms with Gasteiger partial charge in [0, 0.05) is 31.2 Å². The molecule has 2 heterocycles. The van der Waals surface area contributed by atoms with E-state index in [4.69, 9.17) is 4.74 Å². The van der Waals surface area contributed by atoms with Gasteiger partial charge in [-0.25, -0.2) is 4.79 Å². The number of imidazole rings is 1. The smallest absolute Gasteiger partial charge is 0.332 e. The van der Waals surface area contributed by atoms with Gasteiger partial charge in [-0.05, 0) is 58.8 Å². The molecule has 0 radical (unpaired) electrons. The molecule has 0 bridgehead atoms. The molecule has 31 heavy (non-hydrogen) atoms. The summed E-state index contributed by atoms with van der Waals surface area (Å²) >= 11 is 0. The van der Waals surface area contributed by atoms with Crippen molar-refractivity contribution in [1.29, 1.82) is 0 Å². The Bertz CT molecular complexity index is 1400. The SMILES string of the molecule is Cn1cc(-c2ccncc2)n(-c2ccc(OCc3ccc4ccccc4c3)cc2)c1=O. The molecule has 0 aliphatic heterocycles. The average molecular weight is 407 g/mol. The van der Waals surface area contributed by atoms with E-state index in [0.29, 0.717) is 6.61 Å². The summed E-state index contributed by atoms with van der Waals surface area (Å²) in [6.45, 7) is 0.484. The van der Waals surface area contributed by atoms with Gasteiger partial charge in [0.1, 0.15) is 12.4 Å². The predicted octanol–water partition coefficient (Wildman–Crippen LogP) is 4.97. The van der Waals surface area contributed by atoms with Gasteiger partial charge in [-0.1, -0.05) is 36.4 Å². The lowest BCUT2D eigenvalue weighted by atomic mass is 10.1. The number of hydrogen-bond donors (Lipinski definition) is 0. The molecule has 152 valence electrons. The number of rotatable bonds is 5. The zero-order chi connectivity index (χ0) is 21.2. The molecule has 0 aliphatic rings. The van der Waals surface area contributed by atoms with Crippen LogP contribution in [0.25, 0.3) is 27.7 Å². The van der Waals surface area contributed by atoms with Crippen molar-refractivity contribution in [3.63, 3.8) is 0 Å². The normalized spacial score (nSPS) is 11.0. The summed E-state index contributed by atoms with van der Waals surface area (Å²) in [7, 11) is 1.75. The number of hydrogen-bond acceptors (Lipinski definition) is 3. The second-order valence-corrected chi connectivity index (χ2v) is 7.44. The number of aromatic nitrogens is 3. The van der Waals surface area contributed by atoms with Gasteiger partial charge in [0.05, 0.1) is 11.4 Å². The number of ether oxygens (including phenoxy) is 1. The van der Waals surface area contributed by atoms with Gasteiger partial charge in [-0.2, -0.15) is 0 Å². The van der Waals surface area contributed by atoms with Crippen LogP contribution in [-0.4, -0.2) is 14.1 Å². The minimum Gasteiger partial charge on any atom is -0.489 e. The van der Waals surface area contributed by atoms with E-state index >= 15 is 0 Å². The summed E-state index contributed by atoms with van der Waals surface area (Å²) in [5.41, 5.74) is 3.55. The molecule has 0 N–H and O–H groups in total. The van der Waals surface area contributed by atoms with Gasteiger partial charge in [-0.15, -0.1) is 0 Å². The van der Waals surface area contributed by atoms with Crippen LogP contribution >= 0.6 is 0 Å². The summed E-state index contributed by atoms with van der Waals surface area (Å²) in [5.74, 6) is 0.756. The molecule has 0 aliphatic carbocycles. The summed E-state index contributed by atoms with van der Waals surface area (Å²) in [5, 5.41) is 2.42. The van der Waals surface area contributed by atoms with Crippen molar-refractivity contribution >= 4 is 10.8 Å². The van der Waals surface area contributed by atoms with E-state index in [9.17, 15) is 4.79 Å². The van der Waals surface area contributed by atoms with Crippen LogP contribution < -0.4 is 10.4 Å². The summed E-state index contributed by atoms with van der Waals surface area (Å²) < 4.78 is 9.26. The zero-order valence-electron chi connectivity index (χ0n) is 17.1. The Hall–Kier alpha value is -4.12. The van der Waals surface area contributed by atoms with Crippen molar-refractivity contribution in [2.45, 2.75) is 6.61 Å². The van der Waals surface area contributed by atoms with Gasteiger partial charge >= 0.3 is 5.69 Å². The van der Waals surface area contributed by atoms with E-state index < -0.39 is 0 Å². The monoisotopic (exact) mass is 407 g/mol. The van der Waals surface area contributed by atoms with Crippen LogP contribution in [0.5, 0.6) is 5.75 Å². The van der Waals surface area contributed by atoms with E-state index in [-0.39, 0.29) is 5.69 Å². The maximum absolute atomic E-state index is 12.7. The molecule has 0 saturated heterocycles. The first-order chi connectivity index (χ1) is 15.2. The minimum atomic E-state index is -0.100. The molecule has 3 aromatic carbocycles. The van der Waals surface area contributed by atoms with E-state index in [1.54, 1.807) is 28.6 Å². The van der Waals surface area contributed by atoms with Gasteiger partial charge in [0.15, 0.2) is 0 Å². The van der Waals surface area contributed by atoms with Crippen molar-refractivity contribution in [3.8, 4) is 22.7 Å². The van der Waals surface area contributed by atoms with E-state index in [0.717, 1.165) is 28.3 Å². The Labute approximate surface area is 179 Å². The van der Waals surface area contributed by atoms with Crippen molar-refractivity contribution in [2.75, 3.05) is 0 Å². The summed E-state index contributed by atoms with van der Waals surface area (Å²) in [6, 6.07) is 26.0. The highest BCUT2D eigenvalue weighted by molar-refractivity contribution is 5.82. The first-order valence-corrected chi connectivity index (χ1v) is 10.1. The standard InChI is InChI=1S/C26H21N3O2/c1-28-17-25(21-12-14-27-15-13-21)29(26(28)30)23-8-10-24(11-9-23)31-18-19-6-7-20-4-2-3-5-22(20)16-19/h2-17H,18H2,1H3. The second-order valence-electron chi connectivity index (χ2n) is 7.44. The number of nitrogens with zero attached hydrogens (tertiary/aromatic N) is 3. The van der Waals surface area contributed by atoms with Crippen molar-refractivity contribution < 1.29 is 4.74 Å². The Morgan fingerprint density at radius 1 is 0.871 bits per heavy atom. The first kappa shape index (κ1) is 18.9. The molecule has 2 aromatic heterocycles. The number of pyridine rings is 1. The average Bonchev–Trinajstić information content (AvgIpc) is 3.13. The minimum absolute atomic E-state index is 0.100. The lowest BCUT2D eigenvalue weighted by molar-refractivity contribution is 0.306. The van der Waals surface area contributed by atoms with Crippen LogP contribution in [0.15, 0.2) is 102 Å². The van der Waals surface area contributed by atoms with Crippen LogP contribution in [0.1, 0.15) is 5.56 Å². The largest absolute Gasteiger partial charge is 0.489 e. The van der Waals surface area contributed by atoms with Crippen LogP contribution in [0.3, 0.4) is 0 Å². The topological polar surface area (TPSA) is 49.0 Å². The van der Waals surface area contributed by atoms with Gasteiger partial charge in [0.2, 0.25) is 0 Å². The molecule has 0 unspecified atom stereocenters. The van der Waals surface area contributed by atoms with E-state index in [2.05, 4.69) is 35.3 Å². The first-order valence-electron chi connectivity index (χ1n) is 10.1. The molecule has 0 amide bonds. The Kier molecular flexibility index (Phi) is 4.84. The third-order valence-corrected chi connectivity index (χ3v) is 5.34. The fourth-order valence-electron chi connectivity index (χ4n) is 3.72. The van der Waals surface area contributed by atoms with Crippen molar-refractivity contribution in [3.05, 3.63) is 114 Å². The molecule has 5 nitrogen and oxygen atoms in total. The predicted molar refractivity (Wildman–Crippen MR) is 123 cm³/mol. The highest BCUT2D eigenvalue weighted by Crippen LogP contribution is 2.23. The third kappa shape index (κ3) is 3.73. The van der Waals surface area contributed by atoms with Crippen LogP contribution in [0.4, 0.5) is 0 Å². The number of aryl methyl sites for hydroxylation is 1. The van der Waals surface area contributed by atoms with Crippen LogP contribution in [-0.2, 0) is 13.7 Å². The van der Waals surface area contributed by atoms with E-state index in [1.165, 1.54) is 10.8 Å². The molecule has 5 aromatic rings. The zero-order valence-corrected chi connectivity index (χ0v) is 17.1. The molecular weight excluding hydrogens is 386 g/mol. The molecule has 5 heteroatoms. The van der Waals surface area contributed by atoms with Crippen LogP contribution in [0, 0.1) is 0 Å². The Morgan fingerprint density at radius 2 is 1.61 bits per heavy atom. The maximum atomic E-state index is 12.7. The lowest BCUT2D eigenvalue weighted by Crippen LogP contribution is -2.21. The van der Waals surface area contributed by atoms with E-state index in [1.807, 2.05) is 54.7 Å². The highest BCUT2D eigenvalue weighted by Gasteiger charge is 2.13. The quantitative estimate of drug-likeness (QED) is 0.413. The van der Waals surface area contributed by atoms with Crippen molar-refractivity contribution in [2.24, 2.45) is 7.05 Å². The summed E-state index contributed by atoms with van der Waals surface area (Å²) in [6.07, 6.45) is 5.28.